The molecule has 1 N–H and O–H groups in total. The van der Waals surface area contributed by atoms with Gasteiger partial charge in [0.2, 0.25) is 0 Å². The van der Waals surface area contributed by atoms with Crippen LogP contribution >= 0.6 is 0 Å². The number of nitrogens with one attached hydrogen (secondary N) is 1. The van der Waals surface area contributed by atoms with Crippen molar-refractivity contribution < 1.29 is 4.74 Å². The first-order valence-electron chi connectivity index (χ1n) is 6.50. The zero-order valence-corrected chi connectivity index (χ0v) is 10.9. The molecule has 2 nitrogen and oxygen atoms in total. The Morgan fingerprint density at radius 2 is 2.25 bits per heavy atom. The molecule has 1 rings (SSSR count). The fraction of sp³-hybridized carbons (Fsp3) is 0.857. The summed E-state index contributed by atoms with van der Waals surface area (Å²) in [4.78, 5) is 0. The summed E-state index contributed by atoms with van der Waals surface area (Å²) in [5.74, 6) is 6.17. The van der Waals surface area contributed by atoms with Crippen LogP contribution in [0.1, 0.15) is 52.9 Å². The van der Waals surface area contributed by atoms with Gasteiger partial charge in [0.05, 0.1) is 5.60 Å². The van der Waals surface area contributed by atoms with Crippen molar-refractivity contribution in [3.05, 3.63) is 0 Å². The van der Waals surface area contributed by atoms with E-state index in [1.54, 1.807) is 0 Å². The molecule has 1 fully saturated rings. The van der Waals surface area contributed by atoms with E-state index >= 15 is 0 Å². The van der Waals surface area contributed by atoms with Crippen LogP contribution in [0.25, 0.3) is 0 Å². The van der Waals surface area contributed by atoms with Crippen molar-refractivity contribution in [3.63, 3.8) is 0 Å². The summed E-state index contributed by atoms with van der Waals surface area (Å²) >= 11 is 0. The summed E-state index contributed by atoms with van der Waals surface area (Å²) in [5.41, 5.74) is -0.0166. The molecule has 2 unspecified atom stereocenters. The molecule has 0 bridgehead atoms. The quantitative estimate of drug-likeness (QED) is 0.724. The molecule has 92 valence electrons. The van der Waals surface area contributed by atoms with Gasteiger partial charge in [0.1, 0.15) is 0 Å². The molecule has 0 amide bonds. The smallest absolute Gasteiger partial charge is 0.0816 e. The maximum atomic E-state index is 5.99. The Bertz CT molecular complexity index is 245. The highest BCUT2D eigenvalue weighted by Gasteiger charge is 2.35. The number of hydrogen-bond acceptors (Lipinski definition) is 2. The largest absolute Gasteiger partial charge is 0.374 e. The van der Waals surface area contributed by atoms with Crippen LogP contribution in [-0.2, 0) is 4.74 Å². The van der Waals surface area contributed by atoms with Gasteiger partial charge in [-0.25, -0.2) is 0 Å². The third kappa shape index (κ3) is 3.81. The SMILES string of the molecule is CC#CCC(NCCC)C1(C)CCCCO1. The van der Waals surface area contributed by atoms with Crippen LogP contribution in [0.3, 0.4) is 0 Å². The highest BCUT2D eigenvalue weighted by atomic mass is 16.5. The van der Waals surface area contributed by atoms with Crippen LogP contribution in [0, 0.1) is 11.8 Å². The minimum atomic E-state index is -0.0166. The van der Waals surface area contributed by atoms with Crippen LogP contribution < -0.4 is 5.32 Å². The second kappa shape index (κ2) is 6.93. The van der Waals surface area contributed by atoms with Gasteiger partial charge in [-0.15, -0.1) is 11.8 Å². The van der Waals surface area contributed by atoms with Gasteiger partial charge in [0.15, 0.2) is 0 Å². The molecule has 0 aromatic rings. The van der Waals surface area contributed by atoms with Gasteiger partial charge in [-0.05, 0) is 46.1 Å². The first-order valence-corrected chi connectivity index (χ1v) is 6.50. The molecule has 1 heterocycles. The Labute approximate surface area is 100 Å². The molecule has 0 aromatic carbocycles. The maximum absolute atomic E-state index is 5.99. The Hall–Kier alpha value is -0.520. The first kappa shape index (κ1) is 13.5. The molecule has 0 radical (unpaired) electrons. The van der Waals surface area contributed by atoms with E-state index in [1.165, 1.54) is 12.8 Å². The summed E-state index contributed by atoms with van der Waals surface area (Å²) in [7, 11) is 0. The van der Waals surface area contributed by atoms with Gasteiger partial charge >= 0.3 is 0 Å². The third-order valence-electron chi connectivity index (χ3n) is 3.36. The fourth-order valence-corrected chi connectivity index (χ4v) is 2.26. The number of hydrogen-bond donors (Lipinski definition) is 1. The number of ether oxygens (including phenoxy) is 1. The lowest BCUT2D eigenvalue weighted by Crippen LogP contribution is -2.52. The summed E-state index contributed by atoms with van der Waals surface area (Å²) in [6, 6.07) is 0.375. The highest BCUT2D eigenvalue weighted by Crippen LogP contribution is 2.29. The standard InChI is InChI=1S/C14H25NO/c1-4-6-9-13(15-11-5-2)14(3)10-7-8-12-16-14/h13,15H,5,7-12H2,1-3H3. The first-order chi connectivity index (χ1) is 7.73. The topological polar surface area (TPSA) is 21.3 Å². The van der Waals surface area contributed by atoms with E-state index in [1.807, 2.05) is 6.92 Å². The Balaban J connectivity index is 2.59. The average Bonchev–Trinajstić information content (AvgIpc) is 2.30. The Morgan fingerprint density at radius 3 is 2.81 bits per heavy atom. The van der Waals surface area contributed by atoms with E-state index in [4.69, 9.17) is 4.74 Å². The minimum absolute atomic E-state index is 0.0166. The second-order valence-electron chi connectivity index (χ2n) is 4.76. The van der Waals surface area contributed by atoms with Gasteiger partial charge in [-0.2, -0.15) is 0 Å². The van der Waals surface area contributed by atoms with Crippen molar-refractivity contribution in [1.82, 2.24) is 5.32 Å². The molecular weight excluding hydrogens is 198 g/mol. The highest BCUT2D eigenvalue weighted by molar-refractivity contribution is 5.03. The molecule has 0 spiro atoms. The molecule has 0 saturated carbocycles. The van der Waals surface area contributed by atoms with Crippen LogP contribution in [0.2, 0.25) is 0 Å². The minimum Gasteiger partial charge on any atom is -0.374 e. The Kier molecular flexibility index (Phi) is 5.87. The van der Waals surface area contributed by atoms with E-state index in [0.717, 1.165) is 32.4 Å². The molecule has 0 aliphatic carbocycles. The molecule has 0 aromatic heterocycles. The van der Waals surface area contributed by atoms with Gasteiger partial charge in [-0.1, -0.05) is 6.92 Å². The fourth-order valence-electron chi connectivity index (χ4n) is 2.26. The van der Waals surface area contributed by atoms with Crippen LogP contribution in [0.15, 0.2) is 0 Å². The van der Waals surface area contributed by atoms with E-state index in [-0.39, 0.29) is 5.60 Å². The summed E-state index contributed by atoms with van der Waals surface area (Å²) < 4.78 is 5.99. The molecule has 16 heavy (non-hydrogen) atoms. The molecular formula is C14H25NO. The van der Waals surface area contributed by atoms with Crippen molar-refractivity contribution in [2.45, 2.75) is 64.5 Å². The molecule has 2 atom stereocenters. The van der Waals surface area contributed by atoms with Crippen molar-refractivity contribution in [3.8, 4) is 11.8 Å². The van der Waals surface area contributed by atoms with Gasteiger partial charge in [-0.3, -0.25) is 0 Å². The van der Waals surface area contributed by atoms with Gasteiger partial charge < -0.3 is 10.1 Å². The van der Waals surface area contributed by atoms with Crippen LogP contribution in [0.4, 0.5) is 0 Å². The van der Waals surface area contributed by atoms with Gasteiger partial charge in [0.25, 0.3) is 0 Å². The third-order valence-corrected chi connectivity index (χ3v) is 3.36. The van der Waals surface area contributed by atoms with Crippen molar-refractivity contribution in [1.29, 1.82) is 0 Å². The number of rotatable bonds is 5. The predicted octanol–water partition coefficient (Wildman–Crippen LogP) is 2.73. The lowest BCUT2D eigenvalue weighted by Gasteiger charge is -2.40. The van der Waals surface area contributed by atoms with Crippen LogP contribution in [0.5, 0.6) is 0 Å². The van der Waals surface area contributed by atoms with E-state index in [9.17, 15) is 0 Å². The van der Waals surface area contributed by atoms with E-state index in [2.05, 4.69) is 31.0 Å². The maximum Gasteiger partial charge on any atom is 0.0816 e. The summed E-state index contributed by atoms with van der Waals surface area (Å²) in [6.45, 7) is 8.28. The lowest BCUT2D eigenvalue weighted by atomic mass is 9.86. The molecule has 1 aliphatic heterocycles. The molecule has 1 saturated heterocycles. The molecule has 2 heteroatoms. The zero-order valence-electron chi connectivity index (χ0n) is 10.9. The molecule has 1 aliphatic rings. The van der Waals surface area contributed by atoms with Crippen LogP contribution in [-0.4, -0.2) is 24.8 Å². The van der Waals surface area contributed by atoms with E-state index in [0.29, 0.717) is 6.04 Å². The second-order valence-corrected chi connectivity index (χ2v) is 4.76. The van der Waals surface area contributed by atoms with Crippen molar-refractivity contribution in [2.24, 2.45) is 0 Å². The summed E-state index contributed by atoms with van der Waals surface area (Å²) in [6.07, 6.45) is 5.69. The van der Waals surface area contributed by atoms with E-state index < -0.39 is 0 Å². The Morgan fingerprint density at radius 1 is 1.44 bits per heavy atom. The average molecular weight is 223 g/mol. The van der Waals surface area contributed by atoms with Gasteiger partial charge in [0, 0.05) is 19.1 Å². The normalized spacial score (nSPS) is 26.9. The lowest BCUT2D eigenvalue weighted by molar-refractivity contribution is -0.0874. The monoisotopic (exact) mass is 223 g/mol. The van der Waals surface area contributed by atoms with Crippen molar-refractivity contribution >= 4 is 0 Å². The zero-order chi connectivity index (χ0) is 11.9. The van der Waals surface area contributed by atoms with Crippen molar-refractivity contribution in [2.75, 3.05) is 13.2 Å². The summed E-state index contributed by atoms with van der Waals surface area (Å²) in [5, 5.41) is 3.59. The predicted molar refractivity (Wildman–Crippen MR) is 68.4 cm³/mol.